The lowest BCUT2D eigenvalue weighted by atomic mass is 9.80. The van der Waals surface area contributed by atoms with Crippen LogP contribution in [-0.4, -0.2) is 106 Å². The summed E-state index contributed by atoms with van der Waals surface area (Å²) < 4.78 is 4.05. The van der Waals surface area contributed by atoms with Crippen LogP contribution in [0.2, 0.25) is 10.0 Å². The molecule has 1 amide bonds. The lowest BCUT2D eigenvalue weighted by Gasteiger charge is -2.13. The van der Waals surface area contributed by atoms with E-state index in [1.54, 1.807) is 65.3 Å². The number of benzene rings is 4. The zero-order chi connectivity index (χ0) is 53.9. The maximum Gasteiger partial charge on any atom is 0.488 e. The molecule has 5 N–H and O–H groups in total. The number of carbonyl (C=O) groups excluding carboxylic acids is 2. The third-order valence-electron chi connectivity index (χ3n) is 13.3. The minimum atomic E-state index is -1.52. The van der Waals surface area contributed by atoms with Gasteiger partial charge in [-0.3, -0.25) is 33.7 Å². The van der Waals surface area contributed by atoms with Crippen molar-refractivity contribution >= 4 is 100 Å². The van der Waals surface area contributed by atoms with E-state index in [2.05, 4.69) is 58.4 Å². The number of aliphatic imine (C=N–C) groups is 3. The van der Waals surface area contributed by atoms with Crippen molar-refractivity contribution in [3.8, 4) is 10.0 Å². The summed E-state index contributed by atoms with van der Waals surface area (Å²) >= 11 is 15.7. The fourth-order valence-electron chi connectivity index (χ4n) is 9.00. The molecule has 0 saturated carbocycles. The normalized spacial score (nSPS) is 14.5. The number of hydrogen-bond acceptors (Lipinski definition) is 15. The van der Waals surface area contributed by atoms with Gasteiger partial charge in [0.05, 0.1) is 24.4 Å². The number of aromatic nitrogens is 6. The third-order valence-corrected chi connectivity index (χ3v) is 16.2. The number of carbonyl (C=O) groups is 2. The molecule has 386 valence electrons. The number of rotatable bonds is 14. The second-order valence-corrected chi connectivity index (χ2v) is 21.8. The van der Waals surface area contributed by atoms with Gasteiger partial charge in [0.15, 0.2) is 17.4 Å². The van der Waals surface area contributed by atoms with Crippen LogP contribution in [0.25, 0.3) is 10.0 Å². The summed E-state index contributed by atoms with van der Waals surface area (Å²) in [5, 5.41) is 60.8. The highest BCUT2D eigenvalue weighted by molar-refractivity contribution is 7.15. The summed E-state index contributed by atoms with van der Waals surface area (Å²) in [7, 11) is -3.02. The number of thiophene rings is 2. The molecule has 0 aliphatic carbocycles. The minimum absolute atomic E-state index is 0.0142. The predicted octanol–water partition coefficient (Wildman–Crippen LogP) is 6.79. The Morgan fingerprint density at radius 3 is 1.54 bits per heavy atom. The van der Waals surface area contributed by atoms with Crippen LogP contribution in [0.1, 0.15) is 102 Å². The Morgan fingerprint density at radius 2 is 1.08 bits per heavy atom. The number of Topliss-reactive ketones (excluding diaryl/α,β-unsaturated/α-hetero) is 1. The van der Waals surface area contributed by atoms with E-state index >= 15 is 0 Å². The van der Waals surface area contributed by atoms with Gasteiger partial charge in [-0.25, -0.2) is 0 Å². The van der Waals surface area contributed by atoms with Crippen molar-refractivity contribution in [2.24, 2.45) is 15.0 Å². The summed E-state index contributed by atoms with van der Waals surface area (Å²) in [6.07, 6.45) is 2.45. The summed E-state index contributed by atoms with van der Waals surface area (Å²) in [5.74, 6) is 2.53. The Morgan fingerprint density at radius 1 is 0.632 bits per heavy atom. The number of halogens is 2. The molecule has 76 heavy (non-hydrogen) atoms. The monoisotopic (exact) mass is 1090 g/mol. The second-order valence-electron chi connectivity index (χ2n) is 18.5. The van der Waals surface area contributed by atoms with Gasteiger partial charge >= 0.3 is 14.2 Å². The number of fused-ring (bicyclic) bond motifs is 6. The first-order chi connectivity index (χ1) is 36.4. The van der Waals surface area contributed by atoms with Crippen LogP contribution in [0.4, 0.5) is 0 Å². The zero-order valence-corrected chi connectivity index (χ0v) is 45.5. The lowest BCUT2D eigenvalue weighted by Crippen LogP contribution is -2.30. The fourth-order valence-corrected chi connectivity index (χ4v) is 11.7. The Kier molecular flexibility index (Phi) is 16.5. The van der Waals surface area contributed by atoms with E-state index in [0.29, 0.717) is 45.6 Å². The second kappa shape index (κ2) is 23.2. The molecule has 4 aromatic heterocycles. The van der Waals surface area contributed by atoms with Gasteiger partial charge < -0.3 is 25.4 Å². The Labute approximate surface area is 457 Å². The molecule has 0 unspecified atom stereocenters. The van der Waals surface area contributed by atoms with E-state index in [0.717, 1.165) is 77.6 Å². The number of nitrogens with one attached hydrogen (secondary N) is 1. The van der Waals surface area contributed by atoms with E-state index in [9.17, 15) is 29.7 Å². The lowest BCUT2D eigenvalue weighted by molar-refractivity contribution is -0.121. The number of amides is 1. The number of aryl methyl sites for hydroxylation is 4. The van der Waals surface area contributed by atoms with Gasteiger partial charge in [-0.15, -0.1) is 43.1 Å². The standard InChI is InChI=1S/C27H25BClN5O3S.C27H27BClN5O3S/c1-15-16(2)38-27-24(15)25(19-6-10-21(29)11-7-19)31-23(26-33-32-17(3)34(26)27)12-22(35)14-30-13-18-4-8-20(9-5-18)28(36)37;1-15-16(2)38-27-24(15)25(19-6-10-21(29)11-7-19)31-22(26-33-32-17(3)34(26)27)14-23(35)30-13-12-18-4-8-20(9-5-18)28(36)37/h4-11,13,23,36-37H,12,14H2,1-3H3;4-11,22,36-37H,12-14H2,1-3H3,(H,30,35)/t23-;22-/m00/s1. The number of ketones is 1. The molecule has 16 nitrogen and oxygen atoms in total. The van der Waals surface area contributed by atoms with Crippen molar-refractivity contribution in [2.45, 2.75) is 72.9 Å². The van der Waals surface area contributed by atoms with E-state index in [4.69, 9.17) is 33.2 Å². The van der Waals surface area contributed by atoms with Crippen molar-refractivity contribution in [1.29, 1.82) is 0 Å². The van der Waals surface area contributed by atoms with Crippen LogP contribution in [0.5, 0.6) is 0 Å². The maximum absolute atomic E-state index is 13.1. The minimum Gasteiger partial charge on any atom is -0.423 e. The van der Waals surface area contributed by atoms with Crippen molar-refractivity contribution in [1.82, 2.24) is 34.8 Å². The maximum atomic E-state index is 13.1. The molecule has 10 rings (SSSR count). The Balaban J connectivity index is 0.000000186. The van der Waals surface area contributed by atoms with E-state index in [-0.39, 0.29) is 31.1 Å². The molecule has 8 aromatic rings. The fraction of sp³-hybridized carbons (Fsp3) is 0.241. The van der Waals surface area contributed by atoms with Gasteiger partial charge in [0.2, 0.25) is 5.91 Å². The zero-order valence-electron chi connectivity index (χ0n) is 42.4. The highest BCUT2D eigenvalue weighted by atomic mass is 35.5. The molecule has 0 radical (unpaired) electrons. The van der Waals surface area contributed by atoms with Gasteiger partial charge in [0.1, 0.15) is 33.7 Å². The molecule has 4 aromatic carbocycles. The van der Waals surface area contributed by atoms with Crippen LogP contribution >= 0.6 is 45.9 Å². The Bertz CT molecular complexity index is 3540. The molecular formula is C54H52B2Cl2N10O6S2. The Hall–Kier alpha value is -6.74. The van der Waals surface area contributed by atoms with Crippen LogP contribution in [0.15, 0.2) is 112 Å². The van der Waals surface area contributed by atoms with E-state index < -0.39 is 26.3 Å². The molecule has 2 atom stereocenters. The summed E-state index contributed by atoms with van der Waals surface area (Å²) in [4.78, 5) is 43.1. The summed E-state index contributed by atoms with van der Waals surface area (Å²) in [5.41, 5.74) is 10.3. The van der Waals surface area contributed by atoms with E-state index in [1.807, 2.05) is 83.6 Å². The quantitative estimate of drug-likeness (QED) is 0.0567. The highest BCUT2D eigenvalue weighted by Crippen LogP contribution is 2.41. The van der Waals surface area contributed by atoms with Gasteiger partial charge in [-0.1, -0.05) is 96.0 Å². The molecule has 0 fully saturated rings. The molecule has 0 saturated heterocycles. The number of nitrogens with zero attached hydrogens (tertiary/aromatic N) is 9. The number of hydrogen-bond donors (Lipinski definition) is 5. The van der Waals surface area contributed by atoms with Crippen LogP contribution in [0, 0.1) is 41.5 Å². The van der Waals surface area contributed by atoms with Crippen molar-refractivity contribution in [3.05, 3.63) is 185 Å². The summed E-state index contributed by atoms with van der Waals surface area (Å²) in [6, 6.07) is 27.7. The summed E-state index contributed by atoms with van der Waals surface area (Å²) in [6.45, 7) is 12.6. The molecule has 2 aliphatic heterocycles. The van der Waals surface area contributed by atoms with Crippen molar-refractivity contribution in [2.75, 3.05) is 13.1 Å². The van der Waals surface area contributed by atoms with Gasteiger partial charge in [-0.2, -0.15) is 0 Å². The third kappa shape index (κ3) is 11.6. The van der Waals surface area contributed by atoms with Crippen molar-refractivity contribution in [3.63, 3.8) is 0 Å². The molecule has 2 aliphatic rings. The molecule has 22 heteroatoms. The smallest absolute Gasteiger partial charge is 0.423 e. The molecule has 6 heterocycles. The van der Waals surface area contributed by atoms with Crippen molar-refractivity contribution < 1.29 is 29.7 Å². The first-order valence-corrected chi connectivity index (χ1v) is 26.8. The predicted molar refractivity (Wildman–Crippen MR) is 303 cm³/mol. The van der Waals surface area contributed by atoms with Gasteiger partial charge in [0, 0.05) is 61.2 Å². The molecule has 0 bridgehead atoms. The SMILES string of the molecule is Cc1sc2c(c1C)C(c1ccc(Cl)cc1)=N[C@@H](CC(=O)CN=Cc1ccc(B(O)O)cc1)c1nnc(C)n1-2.Cc1sc2c(c1C)C(c1ccc(Cl)cc1)=N[C@@H](CC(=O)NCCc1ccc(B(O)O)cc1)c1nnc(C)n1-2. The van der Waals surface area contributed by atoms with Crippen LogP contribution in [-0.2, 0) is 16.0 Å². The van der Waals surface area contributed by atoms with Crippen LogP contribution in [0.3, 0.4) is 0 Å². The first-order valence-electron chi connectivity index (χ1n) is 24.4. The average Bonchev–Trinajstić information content (AvgIpc) is 4.14. The van der Waals surface area contributed by atoms with E-state index in [1.165, 1.54) is 9.75 Å². The topological polar surface area (TPSA) is 226 Å². The van der Waals surface area contributed by atoms with Gasteiger partial charge in [-0.05, 0) is 105 Å². The average molecular weight is 1090 g/mol. The molecular weight excluding hydrogens is 1040 g/mol. The molecule has 0 spiro atoms. The van der Waals surface area contributed by atoms with Gasteiger partial charge in [0.25, 0.3) is 0 Å². The first kappa shape index (κ1) is 54.1. The highest BCUT2D eigenvalue weighted by Gasteiger charge is 2.34. The largest absolute Gasteiger partial charge is 0.488 e. The van der Waals surface area contributed by atoms with Crippen LogP contribution < -0.4 is 16.2 Å².